The Morgan fingerprint density at radius 2 is 1.94 bits per heavy atom. The Kier molecular flexibility index (Phi) is 5.29. The fourth-order valence-electron chi connectivity index (χ4n) is 1.54. The van der Waals surface area contributed by atoms with Gasteiger partial charge in [0.05, 0.1) is 13.0 Å². The van der Waals surface area contributed by atoms with Crippen LogP contribution in [-0.2, 0) is 9.53 Å². The predicted molar refractivity (Wildman–Crippen MR) is 70.3 cm³/mol. The van der Waals surface area contributed by atoms with E-state index in [-0.39, 0.29) is 17.8 Å². The summed E-state index contributed by atoms with van der Waals surface area (Å²) in [5.41, 5.74) is 0.948. The van der Waals surface area contributed by atoms with Crippen LogP contribution in [0.15, 0.2) is 24.3 Å². The molecular weight excluding hydrogens is 238 g/mol. The van der Waals surface area contributed by atoms with Crippen LogP contribution in [-0.4, -0.2) is 19.6 Å². The van der Waals surface area contributed by atoms with Gasteiger partial charge in [0.1, 0.15) is 0 Å². The van der Waals surface area contributed by atoms with E-state index in [0.717, 1.165) is 5.69 Å². The van der Waals surface area contributed by atoms with Gasteiger partial charge < -0.3 is 10.1 Å². The molecule has 1 N–H and O–H groups in total. The molecule has 3 nitrogen and oxygen atoms in total. The van der Waals surface area contributed by atoms with Gasteiger partial charge in [-0.2, -0.15) is 0 Å². The molecule has 17 heavy (non-hydrogen) atoms. The van der Waals surface area contributed by atoms with Crippen molar-refractivity contribution in [1.82, 2.24) is 0 Å². The Hall–Kier alpha value is -1.22. The Bertz CT molecular complexity index is 362. The van der Waals surface area contributed by atoms with Crippen molar-refractivity contribution >= 4 is 23.3 Å². The van der Waals surface area contributed by atoms with Crippen LogP contribution in [0.25, 0.3) is 0 Å². The van der Waals surface area contributed by atoms with Gasteiger partial charge in [-0.3, -0.25) is 4.79 Å². The Morgan fingerprint density at radius 3 is 2.41 bits per heavy atom. The lowest BCUT2D eigenvalue weighted by Crippen LogP contribution is -2.28. The van der Waals surface area contributed by atoms with E-state index in [0.29, 0.717) is 11.6 Å². The first-order valence-electron chi connectivity index (χ1n) is 5.62. The summed E-state index contributed by atoms with van der Waals surface area (Å²) in [4.78, 5) is 11.5. The number of rotatable bonds is 5. The molecule has 0 amide bonds. The molecule has 0 radical (unpaired) electrons. The van der Waals surface area contributed by atoms with Crippen molar-refractivity contribution in [2.45, 2.75) is 13.8 Å². The summed E-state index contributed by atoms with van der Waals surface area (Å²) in [6.07, 6.45) is 0. The van der Waals surface area contributed by atoms with E-state index in [9.17, 15) is 4.79 Å². The van der Waals surface area contributed by atoms with Gasteiger partial charge in [-0.05, 0) is 30.2 Å². The molecule has 0 aliphatic carbocycles. The van der Waals surface area contributed by atoms with Crippen LogP contribution in [0.5, 0.6) is 0 Å². The third kappa shape index (κ3) is 4.27. The Labute approximate surface area is 107 Å². The molecule has 1 atom stereocenters. The van der Waals surface area contributed by atoms with Gasteiger partial charge in [0.25, 0.3) is 0 Å². The molecule has 0 aromatic heterocycles. The number of esters is 1. The molecule has 1 aromatic rings. The van der Waals surface area contributed by atoms with Gasteiger partial charge in [0.15, 0.2) is 0 Å². The van der Waals surface area contributed by atoms with E-state index in [1.54, 1.807) is 0 Å². The van der Waals surface area contributed by atoms with Crippen molar-refractivity contribution in [3.8, 4) is 0 Å². The second kappa shape index (κ2) is 6.50. The minimum absolute atomic E-state index is 0.143. The van der Waals surface area contributed by atoms with Gasteiger partial charge >= 0.3 is 5.97 Å². The van der Waals surface area contributed by atoms with E-state index >= 15 is 0 Å². The van der Waals surface area contributed by atoms with Gasteiger partial charge in [0, 0.05) is 17.3 Å². The van der Waals surface area contributed by atoms with Crippen molar-refractivity contribution in [3.05, 3.63) is 29.3 Å². The van der Waals surface area contributed by atoms with Crippen molar-refractivity contribution in [2.75, 3.05) is 19.0 Å². The smallest absolute Gasteiger partial charge is 0.310 e. The lowest BCUT2D eigenvalue weighted by molar-refractivity contribution is -0.146. The molecule has 0 aliphatic rings. The summed E-state index contributed by atoms with van der Waals surface area (Å²) >= 11 is 5.80. The summed E-state index contributed by atoms with van der Waals surface area (Å²) in [6, 6.07) is 7.40. The summed E-state index contributed by atoms with van der Waals surface area (Å²) in [5, 5.41) is 3.91. The number of methoxy groups -OCH3 is 1. The molecule has 0 spiro atoms. The number of nitrogens with one attached hydrogen (secondary N) is 1. The summed E-state index contributed by atoms with van der Waals surface area (Å²) < 4.78 is 4.78. The normalized spacial score (nSPS) is 12.3. The largest absolute Gasteiger partial charge is 0.469 e. The molecule has 0 heterocycles. The van der Waals surface area contributed by atoms with Crippen LogP contribution in [0, 0.1) is 11.8 Å². The van der Waals surface area contributed by atoms with E-state index in [1.807, 2.05) is 38.1 Å². The summed E-state index contributed by atoms with van der Waals surface area (Å²) in [7, 11) is 1.42. The minimum Gasteiger partial charge on any atom is -0.469 e. The van der Waals surface area contributed by atoms with E-state index in [4.69, 9.17) is 16.3 Å². The molecule has 1 rings (SSSR count). The monoisotopic (exact) mass is 255 g/mol. The highest BCUT2D eigenvalue weighted by Gasteiger charge is 2.22. The molecule has 0 bridgehead atoms. The van der Waals surface area contributed by atoms with E-state index in [2.05, 4.69) is 5.32 Å². The van der Waals surface area contributed by atoms with Crippen LogP contribution < -0.4 is 5.32 Å². The Morgan fingerprint density at radius 1 is 1.35 bits per heavy atom. The SMILES string of the molecule is COC(=O)C(CNc1ccc(Cl)cc1)C(C)C. The summed E-state index contributed by atoms with van der Waals surface area (Å²) in [6.45, 7) is 4.57. The van der Waals surface area contributed by atoms with Gasteiger partial charge in [-0.15, -0.1) is 0 Å². The molecule has 94 valence electrons. The topological polar surface area (TPSA) is 38.3 Å². The van der Waals surface area contributed by atoms with Crippen LogP contribution in [0.4, 0.5) is 5.69 Å². The maximum atomic E-state index is 11.5. The lowest BCUT2D eigenvalue weighted by Gasteiger charge is -2.19. The van der Waals surface area contributed by atoms with Crippen LogP contribution in [0.3, 0.4) is 0 Å². The first kappa shape index (κ1) is 13.8. The standard InChI is InChI=1S/C13H18ClNO2/c1-9(2)12(13(16)17-3)8-15-11-6-4-10(14)5-7-11/h4-7,9,12,15H,8H2,1-3H3. The van der Waals surface area contributed by atoms with Gasteiger partial charge in [-0.25, -0.2) is 0 Å². The molecule has 4 heteroatoms. The molecule has 0 aliphatic heterocycles. The lowest BCUT2D eigenvalue weighted by atomic mass is 9.96. The average molecular weight is 256 g/mol. The number of anilines is 1. The predicted octanol–water partition coefficient (Wildman–Crippen LogP) is 3.20. The second-order valence-corrected chi connectivity index (χ2v) is 4.70. The number of benzene rings is 1. The zero-order chi connectivity index (χ0) is 12.8. The second-order valence-electron chi connectivity index (χ2n) is 4.26. The zero-order valence-electron chi connectivity index (χ0n) is 10.4. The van der Waals surface area contributed by atoms with Crippen molar-refractivity contribution < 1.29 is 9.53 Å². The highest BCUT2D eigenvalue weighted by molar-refractivity contribution is 6.30. The van der Waals surface area contributed by atoms with Crippen LogP contribution in [0.1, 0.15) is 13.8 Å². The number of halogens is 1. The number of hydrogen-bond donors (Lipinski definition) is 1. The van der Waals surface area contributed by atoms with Gasteiger partial charge in [-0.1, -0.05) is 25.4 Å². The maximum absolute atomic E-state index is 11.5. The van der Waals surface area contributed by atoms with Crippen molar-refractivity contribution in [3.63, 3.8) is 0 Å². The summed E-state index contributed by atoms with van der Waals surface area (Å²) in [5.74, 6) is -0.0839. The minimum atomic E-state index is -0.179. The quantitative estimate of drug-likeness (QED) is 0.822. The first-order chi connectivity index (χ1) is 8.04. The van der Waals surface area contributed by atoms with E-state index < -0.39 is 0 Å². The molecule has 1 unspecified atom stereocenters. The third-order valence-electron chi connectivity index (χ3n) is 2.68. The Balaban J connectivity index is 2.58. The molecule has 0 fully saturated rings. The van der Waals surface area contributed by atoms with Crippen LogP contribution in [0.2, 0.25) is 5.02 Å². The third-order valence-corrected chi connectivity index (χ3v) is 2.93. The van der Waals surface area contributed by atoms with Crippen molar-refractivity contribution in [1.29, 1.82) is 0 Å². The van der Waals surface area contributed by atoms with Gasteiger partial charge in [0.2, 0.25) is 0 Å². The van der Waals surface area contributed by atoms with Crippen LogP contribution >= 0.6 is 11.6 Å². The number of ether oxygens (including phenoxy) is 1. The number of hydrogen-bond acceptors (Lipinski definition) is 3. The average Bonchev–Trinajstić information content (AvgIpc) is 2.31. The maximum Gasteiger partial charge on any atom is 0.310 e. The van der Waals surface area contributed by atoms with E-state index in [1.165, 1.54) is 7.11 Å². The fourth-order valence-corrected chi connectivity index (χ4v) is 1.66. The number of carbonyl (C=O) groups excluding carboxylic acids is 1. The molecule has 0 saturated heterocycles. The highest BCUT2D eigenvalue weighted by atomic mass is 35.5. The highest BCUT2D eigenvalue weighted by Crippen LogP contribution is 2.17. The fraction of sp³-hybridized carbons (Fsp3) is 0.462. The first-order valence-corrected chi connectivity index (χ1v) is 5.99. The molecule has 1 aromatic carbocycles. The molecule has 0 saturated carbocycles. The number of carbonyl (C=O) groups is 1. The molecular formula is C13H18ClNO2. The van der Waals surface area contributed by atoms with Crippen molar-refractivity contribution in [2.24, 2.45) is 11.8 Å². The zero-order valence-corrected chi connectivity index (χ0v) is 11.1.